The zero-order valence-corrected chi connectivity index (χ0v) is 15.4. The van der Waals surface area contributed by atoms with Crippen LogP contribution in [0.3, 0.4) is 0 Å². The quantitative estimate of drug-likeness (QED) is 0.551. The van der Waals surface area contributed by atoms with Crippen molar-refractivity contribution < 1.29 is 32.6 Å². The van der Waals surface area contributed by atoms with E-state index in [0.29, 0.717) is 0 Å². The van der Waals surface area contributed by atoms with E-state index in [1.807, 2.05) is 6.07 Å². The Morgan fingerprint density at radius 2 is 1.60 bits per heavy atom. The number of aromatic carboxylic acids is 1. The molecule has 3 aromatic rings. The molecule has 0 fully saturated rings. The molecule has 2 N–H and O–H groups in total. The smallest absolute Gasteiger partial charge is 0.416 e. The van der Waals surface area contributed by atoms with Crippen molar-refractivity contribution in [1.82, 2.24) is 0 Å². The van der Waals surface area contributed by atoms with Crippen LogP contribution in [0.2, 0.25) is 0 Å². The maximum absolute atomic E-state index is 12.9. The fraction of sp³-hybridized carbons (Fsp3) is 0.0909. The first-order chi connectivity index (χ1) is 14.2. The third-order valence-corrected chi connectivity index (χ3v) is 4.22. The lowest BCUT2D eigenvalue weighted by Crippen LogP contribution is -2.16. The van der Waals surface area contributed by atoms with Gasteiger partial charge in [0, 0.05) is 0 Å². The highest BCUT2D eigenvalue weighted by molar-refractivity contribution is 6.00. The van der Waals surface area contributed by atoms with Gasteiger partial charge in [0.05, 0.1) is 16.8 Å². The fourth-order valence-electron chi connectivity index (χ4n) is 2.75. The van der Waals surface area contributed by atoms with Crippen LogP contribution < -0.4 is 5.32 Å². The minimum atomic E-state index is -4.52. The van der Waals surface area contributed by atoms with Gasteiger partial charge in [-0.25, -0.2) is 9.59 Å². The summed E-state index contributed by atoms with van der Waals surface area (Å²) in [6, 6.07) is 17.4. The number of carboxylic acid groups (broad SMARTS) is 1. The average molecular weight is 415 g/mol. The predicted octanol–water partition coefficient (Wildman–Crippen LogP) is 5.82. The molecule has 3 aromatic carbocycles. The lowest BCUT2D eigenvalue weighted by Gasteiger charge is -2.12. The number of rotatable bonds is 5. The molecule has 0 unspecified atom stereocenters. The molecule has 0 radical (unpaired) electrons. The lowest BCUT2D eigenvalue weighted by molar-refractivity contribution is -0.137. The molecule has 0 atom stereocenters. The molecule has 0 saturated carbocycles. The molecule has 30 heavy (non-hydrogen) atoms. The van der Waals surface area contributed by atoms with E-state index >= 15 is 0 Å². The van der Waals surface area contributed by atoms with Crippen molar-refractivity contribution in [2.45, 2.75) is 12.8 Å². The van der Waals surface area contributed by atoms with Crippen LogP contribution in [-0.4, -0.2) is 17.2 Å². The van der Waals surface area contributed by atoms with Crippen molar-refractivity contribution in [3.63, 3.8) is 0 Å². The highest BCUT2D eigenvalue weighted by atomic mass is 19.4. The molecule has 154 valence electrons. The number of halogens is 3. The number of benzene rings is 3. The van der Waals surface area contributed by atoms with Crippen molar-refractivity contribution >= 4 is 17.7 Å². The second kappa shape index (κ2) is 8.69. The largest absolute Gasteiger partial charge is 0.478 e. The number of nitrogens with one attached hydrogen (secondary N) is 1. The summed E-state index contributed by atoms with van der Waals surface area (Å²) in [6.45, 7) is -0.00258. The first kappa shape index (κ1) is 20.9. The number of ether oxygens (including phenoxy) is 1. The zero-order chi connectivity index (χ0) is 21.7. The van der Waals surface area contributed by atoms with Gasteiger partial charge in [0.25, 0.3) is 0 Å². The standard InChI is InChI=1S/C22H16F3NO4/c23-22(24,25)17-8-4-7-15(11-17)16-9-10-19(18(12-16)20(27)28)26-21(29)30-13-14-5-2-1-3-6-14/h1-12H,13H2,(H,26,29)(H,27,28). The molecule has 0 heterocycles. The summed E-state index contributed by atoms with van der Waals surface area (Å²) in [5, 5.41) is 11.8. The van der Waals surface area contributed by atoms with Crippen LogP contribution in [0.25, 0.3) is 11.1 Å². The predicted molar refractivity (Wildman–Crippen MR) is 104 cm³/mol. The summed E-state index contributed by atoms with van der Waals surface area (Å²) >= 11 is 0. The first-order valence-corrected chi connectivity index (χ1v) is 8.77. The van der Waals surface area contributed by atoms with Gasteiger partial charge < -0.3 is 9.84 Å². The van der Waals surface area contributed by atoms with Crippen LogP contribution >= 0.6 is 0 Å². The molecule has 1 amide bonds. The van der Waals surface area contributed by atoms with E-state index in [0.717, 1.165) is 17.7 Å². The van der Waals surface area contributed by atoms with E-state index in [1.165, 1.54) is 30.3 Å². The van der Waals surface area contributed by atoms with Gasteiger partial charge in [-0.3, -0.25) is 5.32 Å². The van der Waals surface area contributed by atoms with Crippen molar-refractivity contribution in [3.05, 3.63) is 89.5 Å². The highest BCUT2D eigenvalue weighted by Gasteiger charge is 2.30. The summed E-state index contributed by atoms with van der Waals surface area (Å²) < 4.78 is 43.9. The monoisotopic (exact) mass is 415 g/mol. The number of hydrogen-bond acceptors (Lipinski definition) is 3. The molecule has 8 heteroatoms. The Balaban J connectivity index is 1.80. The van der Waals surface area contributed by atoms with Gasteiger partial charge in [-0.1, -0.05) is 48.5 Å². The molecule has 0 aliphatic heterocycles. The number of carbonyl (C=O) groups excluding carboxylic acids is 1. The molecular weight excluding hydrogens is 399 g/mol. The molecule has 0 aliphatic rings. The van der Waals surface area contributed by atoms with Gasteiger partial charge in [0.2, 0.25) is 0 Å². The summed E-state index contributed by atoms with van der Waals surface area (Å²) in [4.78, 5) is 23.6. The van der Waals surface area contributed by atoms with Crippen molar-refractivity contribution in [1.29, 1.82) is 0 Å². The maximum Gasteiger partial charge on any atom is 0.416 e. The number of amides is 1. The van der Waals surface area contributed by atoms with Gasteiger partial charge in [0.15, 0.2) is 0 Å². The van der Waals surface area contributed by atoms with E-state index in [-0.39, 0.29) is 29.0 Å². The number of hydrogen-bond donors (Lipinski definition) is 2. The lowest BCUT2D eigenvalue weighted by atomic mass is 10.00. The van der Waals surface area contributed by atoms with E-state index in [4.69, 9.17) is 4.74 Å². The Kier molecular flexibility index (Phi) is 6.06. The second-order valence-electron chi connectivity index (χ2n) is 6.33. The molecule has 0 aliphatic carbocycles. The van der Waals surface area contributed by atoms with Crippen LogP contribution in [0, 0.1) is 0 Å². The van der Waals surface area contributed by atoms with Gasteiger partial charge in [-0.05, 0) is 41.0 Å². The van der Waals surface area contributed by atoms with E-state index in [9.17, 15) is 27.9 Å². The summed E-state index contributed by atoms with van der Waals surface area (Å²) in [6.07, 6.45) is -5.37. The van der Waals surface area contributed by atoms with Crippen LogP contribution in [0.15, 0.2) is 72.8 Å². The first-order valence-electron chi connectivity index (χ1n) is 8.77. The van der Waals surface area contributed by atoms with Gasteiger partial charge in [-0.2, -0.15) is 13.2 Å². The normalized spacial score (nSPS) is 11.0. The average Bonchev–Trinajstić information content (AvgIpc) is 2.72. The Labute approximate surface area is 169 Å². The van der Waals surface area contributed by atoms with Crippen molar-refractivity contribution in [2.75, 3.05) is 5.32 Å². The van der Waals surface area contributed by atoms with Crippen LogP contribution in [0.1, 0.15) is 21.5 Å². The van der Waals surface area contributed by atoms with E-state index in [1.54, 1.807) is 24.3 Å². The van der Waals surface area contributed by atoms with Crippen LogP contribution in [0.4, 0.5) is 23.7 Å². The maximum atomic E-state index is 12.9. The zero-order valence-electron chi connectivity index (χ0n) is 15.4. The summed E-state index contributed by atoms with van der Waals surface area (Å²) in [5.41, 5.74) is 0.0691. The van der Waals surface area contributed by atoms with Crippen LogP contribution in [-0.2, 0) is 17.5 Å². The number of carbonyl (C=O) groups is 2. The molecule has 0 saturated heterocycles. The Morgan fingerprint density at radius 3 is 2.27 bits per heavy atom. The summed E-state index contributed by atoms with van der Waals surface area (Å²) in [5.74, 6) is -1.35. The van der Waals surface area contributed by atoms with E-state index < -0.39 is 23.8 Å². The van der Waals surface area contributed by atoms with Gasteiger partial charge >= 0.3 is 18.2 Å². The highest BCUT2D eigenvalue weighted by Crippen LogP contribution is 2.33. The minimum absolute atomic E-state index is 0.00258. The topological polar surface area (TPSA) is 75.6 Å². The summed E-state index contributed by atoms with van der Waals surface area (Å²) in [7, 11) is 0. The van der Waals surface area contributed by atoms with E-state index in [2.05, 4.69) is 5.32 Å². The minimum Gasteiger partial charge on any atom is -0.478 e. The Bertz CT molecular complexity index is 1070. The SMILES string of the molecule is O=C(Nc1ccc(-c2cccc(C(F)(F)F)c2)cc1C(=O)O)OCc1ccccc1. The van der Waals surface area contributed by atoms with Gasteiger partial charge in [-0.15, -0.1) is 0 Å². The fourth-order valence-corrected chi connectivity index (χ4v) is 2.75. The third-order valence-electron chi connectivity index (χ3n) is 4.22. The second-order valence-corrected chi connectivity index (χ2v) is 6.33. The molecule has 5 nitrogen and oxygen atoms in total. The third kappa shape index (κ3) is 5.16. The molecule has 3 rings (SSSR count). The van der Waals surface area contributed by atoms with Crippen molar-refractivity contribution in [3.8, 4) is 11.1 Å². The molecular formula is C22H16F3NO4. The number of alkyl halides is 3. The number of anilines is 1. The molecule has 0 aromatic heterocycles. The number of carboxylic acids is 1. The Morgan fingerprint density at radius 1 is 0.900 bits per heavy atom. The Hall–Kier alpha value is -3.81. The van der Waals surface area contributed by atoms with Crippen LogP contribution in [0.5, 0.6) is 0 Å². The molecule has 0 spiro atoms. The van der Waals surface area contributed by atoms with Crippen molar-refractivity contribution in [2.24, 2.45) is 0 Å². The molecule has 0 bridgehead atoms. The van der Waals surface area contributed by atoms with Gasteiger partial charge in [0.1, 0.15) is 6.61 Å².